The van der Waals surface area contributed by atoms with Gasteiger partial charge in [-0.15, -0.1) is 6.58 Å². The lowest BCUT2D eigenvalue weighted by Gasteiger charge is -2.09. The zero-order valence-electron chi connectivity index (χ0n) is 10.9. The molecule has 2 aromatic carbocycles. The third-order valence-corrected chi connectivity index (χ3v) is 2.81. The molecule has 0 atom stereocenters. The molecule has 0 spiro atoms. The van der Waals surface area contributed by atoms with Crippen LogP contribution in [0.2, 0.25) is 0 Å². The number of allylic oxidation sites excluding steroid dienone is 1. The van der Waals surface area contributed by atoms with E-state index in [0.29, 0.717) is 17.7 Å². The highest BCUT2D eigenvalue weighted by molar-refractivity contribution is 5.93. The van der Waals surface area contributed by atoms with E-state index >= 15 is 0 Å². The summed E-state index contributed by atoms with van der Waals surface area (Å²) in [4.78, 5) is 12.2. The van der Waals surface area contributed by atoms with E-state index in [-0.39, 0.29) is 5.56 Å². The molecule has 0 saturated carbocycles. The number of nitrogens with zero attached hydrogens (tertiary/aromatic N) is 1. The maximum absolute atomic E-state index is 12.2. The van der Waals surface area contributed by atoms with Gasteiger partial charge in [0.15, 0.2) is 0 Å². The van der Waals surface area contributed by atoms with Crippen molar-refractivity contribution in [2.75, 3.05) is 0 Å². The lowest BCUT2D eigenvalue weighted by Crippen LogP contribution is -2.11. The minimum absolute atomic E-state index is 0.267. The maximum Gasteiger partial charge on any atom is 0.344 e. The first kappa shape index (κ1) is 13.6. The van der Waals surface area contributed by atoms with Crippen LogP contribution in [0.25, 0.3) is 0 Å². The molecule has 3 heteroatoms. The standard InChI is InChI=1S/C17H13NO2/c1-2-7-13-8-4-6-11-16(13)20-17(19)15-10-5-3-9-14(15)12-18/h2-6,8-11H,1,7H2. The van der Waals surface area contributed by atoms with Gasteiger partial charge in [-0.25, -0.2) is 4.79 Å². The minimum Gasteiger partial charge on any atom is -0.423 e. The number of ether oxygens (including phenoxy) is 1. The van der Waals surface area contributed by atoms with E-state index in [4.69, 9.17) is 10.00 Å². The normalized spacial score (nSPS) is 9.55. The molecule has 0 bridgehead atoms. The van der Waals surface area contributed by atoms with E-state index in [1.807, 2.05) is 18.2 Å². The third-order valence-electron chi connectivity index (χ3n) is 2.81. The lowest BCUT2D eigenvalue weighted by atomic mass is 10.1. The van der Waals surface area contributed by atoms with Crippen LogP contribution in [0.5, 0.6) is 5.75 Å². The smallest absolute Gasteiger partial charge is 0.344 e. The zero-order valence-corrected chi connectivity index (χ0v) is 10.9. The van der Waals surface area contributed by atoms with Crippen molar-refractivity contribution in [2.24, 2.45) is 0 Å². The fourth-order valence-electron chi connectivity index (χ4n) is 1.84. The molecule has 98 valence electrons. The fraction of sp³-hybridized carbons (Fsp3) is 0.0588. The van der Waals surface area contributed by atoms with Gasteiger partial charge in [0.1, 0.15) is 11.8 Å². The molecule has 2 aromatic rings. The molecule has 0 amide bonds. The van der Waals surface area contributed by atoms with Crippen molar-refractivity contribution < 1.29 is 9.53 Å². The summed E-state index contributed by atoms with van der Waals surface area (Å²) in [7, 11) is 0. The predicted molar refractivity (Wildman–Crippen MR) is 76.5 cm³/mol. The number of carbonyl (C=O) groups excluding carboxylic acids is 1. The van der Waals surface area contributed by atoms with Crippen molar-refractivity contribution >= 4 is 5.97 Å². The minimum atomic E-state index is -0.529. The molecule has 20 heavy (non-hydrogen) atoms. The summed E-state index contributed by atoms with van der Waals surface area (Å²) in [6.45, 7) is 3.68. The third kappa shape index (κ3) is 2.93. The van der Waals surface area contributed by atoms with Gasteiger partial charge >= 0.3 is 5.97 Å². The van der Waals surface area contributed by atoms with Crippen molar-refractivity contribution in [3.8, 4) is 11.8 Å². The van der Waals surface area contributed by atoms with E-state index in [1.165, 1.54) is 0 Å². The molecule has 0 fully saturated rings. The van der Waals surface area contributed by atoms with Gasteiger partial charge in [-0.3, -0.25) is 0 Å². The number of hydrogen-bond donors (Lipinski definition) is 0. The second-order valence-electron chi connectivity index (χ2n) is 4.15. The second kappa shape index (κ2) is 6.35. The largest absolute Gasteiger partial charge is 0.423 e. The van der Waals surface area contributed by atoms with Crippen LogP contribution < -0.4 is 4.74 Å². The van der Waals surface area contributed by atoms with Gasteiger partial charge in [0.2, 0.25) is 0 Å². The Balaban J connectivity index is 2.29. The van der Waals surface area contributed by atoms with Crippen LogP contribution in [0.15, 0.2) is 61.2 Å². The van der Waals surface area contributed by atoms with Gasteiger partial charge in [0.25, 0.3) is 0 Å². The Labute approximate surface area is 117 Å². The first-order valence-corrected chi connectivity index (χ1v) is 6.16. The average Bonchev–Trinajstić information content (AvgIpc) is 2.49. The Morgan fingerprint density at radius 3 is 2.65 bits per heavy atom. The first-order chi connectivity index (χ1) is 9.76. The summed E-state index contributed by atoms with van der Waals surface area (Å²) >= 11 is 0. The van der Waals surface area contributed by atoms with E-state index in [9.17, 15) is 4.79 Å². The Hall–Kier alpha value is -2.86. The van der Waals surface area contributed by atoms with E-state index in [1.54, 1.807) is 42.5 Å². The summed E-state index contributed by atoms with van der Waals surface area (Å²) in [6.07, 6.45) is 2.36. The SMILES string of the molecule is C=CCc1ccccc1OC(=O)c1ccccc1C#N. The van der Waals surface area contributed by atoms with Crippen molar-refractivity contribution in [3.63, 3.8) is 0 Å². The topological polar surface area (TPSA) is 50.1 Å². The maximum atomic E-state index is 12.2. The Morgan fingerprint density at radius 2 is 1.90 bits per heavy atom. The Morgan fingerprint density at radius 1 is 1.20 bits per heavy atom. The summed E-state index contributed by atoms with van der Waals surface area (Å²) in [5.41, 5.74) is 1.45. The average molecular weight is 263 g/mol. The van der Waals surface area contributed by atoms with Gasteiger partial charge < -0.3 is 4.74 Å². The van der Waals surface area contributed by atoms with E-state index in [0.717, 1.165) is 5.56 Å². The van der Waals surface area contributed by atoms with E-state index in [2.05, 4.69) is 6.58 Å². The molecule has 0 N–H and O–H groups in total. The molecule has 0 aliphatic carbocycles. The van der Waals surface area contributed by atoms with Gasteiger partial charge in [-0.1, -0.05) is 36.4 Å². The molecule has 0 aliphatic heterocycles. The summed E-state index contributed by atoms with van der Waals surface area (Å²) in [6, 6.07) is 15.8. The molecule has 0 unspecified atom stereocenters. The van der Waals surface area contributed by atoms with Crippen molar-refractivity contribution in [2.45, 2.75) is 6.42 Å². The predicted octanol–water partition coefficient (Wildman–Crippen LogP) is 3.51. The van der Waals surface area contributed by atoms with E-state index < -0.39 is 5.97 Å². The van der Waals surface area contributed by atoms with Crippen LogP contribution in [0.4, 0.5) is 0 Å². The molecular weight excluding hydrogens is 250 g/mol. The van der Waals surface area contributed by atoms with Crippen LogP contribution in [0, 0.1) is 11.3 Å². The molecule has 0 aliphatic rings. The van der Waals surface area contributed by atoms with Gasteiger partial charge in [0, 0.05) is 0 Å². The number of benzene rings is 2. The zero-order chi connectivity index (χ0) is 14.4. The monoisotopic (exact) mass is 263 g/mol. The number of hydrogen-bond acceptors (Lipinski definition) is 3. The molecule has 3 nitrogen and oxygen atoms in total. The molecule has 0 heterocycles. The van der Waals surface area contributed by atoms with Crippen LogP contribution in [-0.2, 0) is 6.42 Å². The molecule has 2 rings (SSSR count). The highest BCUT2D eigenvalue weighted by atomic mass is 16.5. The highest BCUT2D eigenvalue weighted by Gasteiger charge is 2.14. The Kier molecular flexibility index (Phi) is 4.31. The number of esters is 1. The quantitative estimate of drug-likeness (QED) is 0.482. The molecule has 0 saturated heterocycles. The van der Waals surface area contributed by atoms with Crippen molar-refractivity contribution in [3.05, 3.63) is 77.9 Å². The van der Waals surface area contributed by atoms with Crippen LogP contribution in [0.3, 0.4) is 0 Å². The van der Waals surface area contributed by atoms with Crippen LogP contribution >= 0.6 is 0 Å². The summed E-state index contributed by atoms with van der Waals surface area (Å²) < 4.78 is 5.39. The molecule has 0 radical (unpaired) electrons. The van der Waals surface area contributed by atoms with Gasteiger partial charge in [0.05, 0.1) is 11.1 Å². The lowest BCUT2D eigenvalue weighted by molar-refractivity contribution is 0.0733. The summed E-state index contributed by atoms with van der Waals surface area (Å²) in [5.74, 6) is -0.0381. The fourth-order valence-corrected chi connectivity index (χ4v) is 1.84. The highest BCUT2D eigenvalue weighted by Crippen LogP contribution is 2.21. The van der Waals surface area contributed by atoms with Crippen LogP contribution in [-0.4, -0.2) is 5.97 Å². The number of nitriles is 1. The Bertz CT molecular complexity index is 683. The molecule has 0 aromatic heterocycles. The number of para-hydroxylation sites is 1. The first-order valence-electron chi connectivity index (χ1n) is 6.16. The van der Waals surface area contributed by atoms with Gasteiger partial charge in [-0.2, -0.15) is 5.26 Å². The number of carbonyl (C=O) groups is 1. The second-order valence-corrected chi connectivity index (χ2v) is 4.15. The summed E-state index contributed by atoms with van der Waals surface area (Å²) in [5, 5.41) is 9.00. The van der Waals surface area contributed by atoms with Gasteiger partial charge in [-0.05, 0) is 30.2 Å². The number of rotatable bonds is 4. The van der Waals surface area contributed by atoms with Crippen molar-refractivity contribution in [1.29, 1.82) is 5.26 Å². The van der Waals surface area contributed by atoms with Crippen molar-refractivity contribution in [1.82, 2.24) is 0 Å². The molecular formula is C17H13NO2. The van der Waals surface area contributed by atoms with Crippen LogP contribution in [0.1, 0.15) is 21.5 Å².